The SMILES string of the molecule is COCC(O)CNc1cccc(OC)c1N. The Balaban J connectivity index is 2.60. The molecule has 1 aromatic rings. The highest BCUT2D eigenvalue weighted by Gasteiger charge is 2.07. The first-order chi connectivity index (χ1) is 7.69. The van der Waals surface area contributed by atoms with E-state index in [-0.39, 0.29) is 6.61 Å². The molecule has 4 N–H and O–H groups in total. The molecule has 5 nitrogen and oxygen atoms in total. The van der Waals surface area contributed by atoms with Gasteiger partial charge in [-0.25, -0.2) is 0 Å². The van der Waals surface area contributed by atoms with Crippen LogP contribution < -0.4 is 15.8 Å². The van der Waals surface area contributed by atoms with Crippen LogP contribution in [0.2, 0.25) is 0 Å². The fourth-order valence-corrected chi connectivity index (χ4v) is 1.36. The van der Waals surface area contributed by atoms with E-state index in [0.29, 0.717) is 18.0 Å². The van der Waals surface area contributed by atoms with Crippen molar-refractivity contribution in [1.82, 2.24) is 0 Å². The molecule has 0 radical (unpaired) electrons. The smallest absolute Gasteiger partial charge is 0.143 e. The van der Waals surface area contributed by atoms with Crippen molar-refractivity contribution in [2.75, 3.05) is 38.4 Å². The number of methoxy groups -OCH3 is 2. The number of nitrogens with two attached hydrogens (primary N) is 1. The van der Waals surface area contributed by atoms with E-state index in [4.69, 9.17) is 15.2 Å². The molecule has 90 valence electrons. The van der Waals surface area contributed by atoms with Crippen LogP contribution in [0.4, 0.5) is 11.4 Å². The fraction of sp³-hybridized carbons (Fsp3) is 0.455. The number of nitrogen functional groups attached to an aromatic ring is 1. The number of ether oxygens (including phenoxy) is 2. The minimum atomic E-state index is -0.560. The molecule has 0 aliphatic rings. The van der Waals surface area contributed by atoms with Crippen LogP contribution in [0.15, 0.2) is 18.2 Å². The minimum absolute atomic E-state index is 0.289. The number of rotatable bonds is 6. The lowest BCUT2D eigenvalue weighted by Crippen LogP contribution is -2.24. The topological polar surface area (TPSA) is 76.7 Å². The summed E-state index contributed by atoms with van der Waals surface area (Å²) >= 11 is 0. The van der Waals surface area contributed by atoms with E-state index >= 15 is 0 Å². The summed E-state index contributed by atoms with van der Waals surface area (Å²) in [4.78, 5) is 0. The maximum absolute atomic E-state index is 9.47. The van der Waals surface area contributed by atoms with Crippen molar-refractivity contribution in [2.24, 2.45) is 0 Å². The molecule has 0 bridgehead atoms. The van der Waals surface area contributed by atoms with Crippen LogP contribution in [0, 0.1) is 0 Å². The molecule has 1 aromatic carbocycles. The monoisotopic (exact) mass is 226 g/mol. The lowest BCUT2D eigenvalue weighted by Gasteiger charge is -2.14. The van der Waals surface area contributed by atoms with Crippen LogP contribution in [-0.2, 0) is 4.74 Å². The third-order valence-corrected chi connectivity index (χ3v) is 2.17. The van der Waals surface area contributed by atoms with Crippen molar-refractivity contribution in [3.05, 3.63) is 18.2 Å². The quantitative estimate of drug-likeness (QED) is 0.622. The van der Waals surface area contributed by atoms with Gasteiger partial charge in [-0.3, -0.25) is 0 Å². The summed E-state index contributed by atoms with van der Waals surface area (Å²) in [5.41, 5.74) is 7.14. The lowest BCUT2D eigenvalue weighted by atomic mass is 10.2. The molecule has 0 aliphatic carbocycles. The van der Waals surface area contributed by atoms with Crippen LogP contribution in [-0.4, -0.2) is 38.6 Å². The summed E-state index contributed by atoms with van der Waals surface area (Å²) < 4.78 is 9.91. The van der Waals surface area contributed by atoms with Crippen molar-refractivity contribution < 1.29 is 14.6 Å². The Bertz CT molecular complexity index is 331. The zero-order valence-electron chi connectivity index (χ0n) is 9.56. The van der Waals surface area contributed by atoms with E-state index in [9.17, 15) is 5.11 Å². The van der Waals surface area contributed by atoms with E-state index in [0.717, 1.165) is 5.69 Å². The number of benzene rings is 1. The van der Waals surface area contributed by atoms with Crippen molar-refractivity contribution in [3.8, 4) is 5.75 Å². The van der Waals surface area contributed by atoms with Crippen molar-refractivity contribution >= 4 is 11.4 Å². The molecular weight excluding hydrogens is 208 g/mol. The number of hydrogen-bond donors (Lipinski definition) is 3. The molecule has 5 heteroatoms. The number of aliphatic hydroxyl groups is 1. The minimum Gasteiger partial charge on any atom is -0.495 e. The van der Waals surface area contributed by atoms with Gasteiger partial charge in [0.25, 0.3) is 0 Å². The fourth-order valence-electron chi connectivity index (χ4n) is 1.36. The first-order valence-corrected chi connectivity index (χ1v) is 5.02. The summed E-state index contributed by atoms with van der Waals surface area (Å²) in [6.45, 7) is 0.669. The van der Waals surface area contributed by atoms with Gasteiger partial charge in [-0.1, -0.05) is 6.07 Å². The lowest BCUT2D eigenvalue weighted by molar-refractivity contribution is 0.0727. The van der Waals surface area contributed by atoms with Crippen LogP contribution in [0.5, 0.6) is 5.75 Å². The van der Waals surface area contributed by atoms with Gasteiger partial charge in [0.15, 0.2) is 0 Å². The number of hydrogen-bond acceptors (Lipinski definition) is 5. The van der Waals surface area contributed by atoms with Gasteiger partial charge in [-0.2, -0.15) is 0 Å². The molecule has 0 saturated heterocycles. The molecule has 0 aromatic heterocycles. The average molecular weight is 226 g/mol. The molecule has 0 fully saturated rings. The second kappa shape index (κ2) is 6.19. The van der Waals surface area contributed by atoms with Crippen LogP contribution in [0.1, 0.15) is 0 Å². The number of aliphatic hydroxyl groups excluding tert-OH is 1. The molecule has 0 heterocycles. The Morgan fingerprint density at radius 3 is 2.81 bits per heavy atom. The van der Waals surface area contributed by atoms with Crippen LogP contribution in [0.3, 0.4) is 0 Å². The zero-order valence-corrected chi connectivity index (χ0v) is 9.56. The third kappa shape index (κ3) is 3.29. The van der Waals surface area contributed by atoms with Gasteiger partial charge in [0.05, 0.1) is 31.2 Å². The molecule has 0 aliphatic heterocycles. The first kappa shape index (κ1) is 12.6. The second-order valence-electron chi connectivity index (χ2n) is 3.41. The van der Waals surface area contributed by atoms with Crippen molar-refractivity contribution in [1.29, 1.82) is 0 Å². The molecule has 1 rings (SSSR count). The van der Waals surface area contributed by atoms with Gasteiger partial charge in [0.2, 0.25) is 0 Å². The Hall–Kier alpha value is -1.46. The highest BCUT2D eigenvalue weighted by Crippen LogP contribution is 2.28. The van der Waals surface area contributed by atoms with Gasteiger partial charge >= 0.3 is 0 Å². The average Bonchev–Trinajstić information content (AvgIpc) is 2.28. The maximum Gasteiger partial charge on any atom is 0.143 e. The summed E-state index contributed by atoms with van der Waals surface area (Å²) in [5.74, 6) is 0.617. The van der Waals surface area contributed by atoms with Crippen molar-refractivity contribution in [2.45, 2.75) is 6.10 Å². The van der Waals surface area contributed by atoms with E-state index in [1.165, 1.54) is 0 Å². The molecule has 0 spiro atoms. The molecule has 1 unspecified atom stereocenters. The van der Waals surface area contributed by atoms with Gasteiger partial charge < -0.3 is 25.6 Å². The Morgan fingerprint density at radius 2 is 2.19 bits per heavy atom. The largest absolute Gasteiger partial charge is 0.495 e. The predicted molar refractivity (Wildman–Crippen MR) is 63.8 cm³/mol. The van der Waals surface area contributed by atoms with Gasteiger partial charge in [-0.05, 0) is 12.1 Å². The van der Waals surface area contributed by atoms with E-state index in [1.54, 1.807) is 20.3 Å². The van der Waals surface area contributed by atoms with Crippen molar-refractivity contribution in [3.63, 3.8) is 0 Å². The number of para-hydroxylation sites is 1. The number of nitrogens with one attached hydrogen (secondary N) is 1. The normalized spacial score (nSPS) is 12.2. The van der Waals surface area contributed by atoms with E-state index in [2.05, 4.69) is 5.32 Å². The van der Waals surface area contributed by atoms with Crippen LogP contribution >= 0.6 is 0 Å². The maximum atomic E-state index is 9.47. The van der Waals surface area contributed by atoms with Gasteiger partial charge in [0, 0.05) is 13.7 Å². The predicted octanol–water partition coefficient (Wildman–Crippen LogP) is 0.697. The van der Waals surface area contributed by atoms with E-state index < -0.39 is 6.10 Å². The molecule has 0 amide bonds. The Kier molecular flexibility index (Phi) is 4.88. The first-order valence-electron chi connectivity index (χ1n) is 5.02. The van der Waals surface area contributed by atoms with Crippen LogP contribution in [0.25, 0.3) is 0 Å². The Morgan fingerprint density at radius 1 is 1.44 bits per heavy atom. The molecule has 1 atom stereocenters. The highest BCUT2D eigenvalue weighted by molar-refractivity contribution is 5.72. The summed E-state index contributed by atoms with van der Waals surface area (Å²) in [6, 6.07) is 5.45. The van der Waals surface area contributed by atoms with Gasteiger partial charge in [0.1, 0.15) is 5.75 Å². The number of anilines is 2. The highest BCUT2D eigenvalue weighted by atomic mass is 16.5. The summed E-state index contributed by atoms with van der Waals surface area (Å²) in [6.07, 6.45) is -0.560. The second-order valence-corrected chi connectivity index (χ2v) is 3.41. The molecule has 0 saturated carbocycles. The molecule has 16 heavy (non-hydrogen) atoms. The summed E-state index contributed by atoms with van der Waals surface area (Å²) in [7, 11) is 3.11. The Labute approximate surface area is 95.2 Å². The van der Waals surface area contributed by atoms with Gasteiger partial charge in [-0.15, -0.1) is 0 Å². The zero-order chi connectivity index (χ0) is 12.0. The summed E-state index contributed by atoms with van der Waals surface area (Å²) in [5, 5.41) is 12.5. The third-order valence-electron chi connectivity index (χ3n) is 2.17. The molecular formula is C11H18N2O3. The standard InChI is InChI=1S/C11H18N2O3/c1-15-7-8(14)6-13-9-4-3-5-10(16-2)11(9)12/h3-5,8,13-14H,6-7,12H2,1-2H3. The van der Waals surface area contributed by atoms with E-state index in [1.807, 2.05) is 12.1 Å².